The fourth-order valence-electron chi connectivity index (χ4n) is 1.75. The second-order valence-electron chi connectivity index (χ2n) is 8.62. The minimum absolute atomic E-state index is 0.0115. The van der Waals surface area contributed by atoms with Crippen LogP contribution in [0.4, 0.5) is 4.79 Å². The second-order valence-corrected chi connectivity index (χ2v) is 13.4. The highest BCUT2D eigenvalue weighted by Gasteiger charge is 2.37. The Labute approximate surface area is 150 Å². The second kappa shape index (κ2) is 7.29. The van der Waals surface area contributed by atoms with Crippen LogP contribution in [0, 0.1) is 0 Å². The van der Waals surface area contributed by atoms with Gasteiger partial charge in [0.25, 0.3) is 0 Å². The first-order valence-corrected chi connectivity index (χ1v) is 11.2. The van der Waals surface area contributed by atoms with Gasteiger partial charge in [-0.05, 0) is 45.0 Å². The number of nitrogens with zero attached hydrogens (tertiary/aromatic N) is 2. The Kier molecular flexibility index (Phi) is 6.23. The van der Waals surface area contributed by atoms with Crippen LogP contribution < -0.4 is 5.11 Å². The molecule has 1 aromatic rings. The number of carboxylic acid groups (broad SMARTS) is 1. The van der Waals surface area contributed by atoms with Crippen LogP contribution >= 0.6 is 0 Å². The van der Waals surface area contributed by atoms with Crippen molar-refractivity contribution >= 4 is 20.4 Å². The van der Waals surface area contributed by atoms with E-state index in [0.717, 1.165) is 4.68 Å². The van der Waals surface area contributed by atoms with Crippen LogP contribution in [-0.2, 0) is 27.0 Å². The van der Waals surface area contributed by atoms with Crippen molar-refractivity contribution < 1.29 is 23.9 Å². The van der Waals surface area contributed by atoms with Crippen molar-refractivity contribution in [3.63, 3.8) is 0 Å². The van der Waals surface area contributed by atoms with Gasteiger partial charge in [0.2, 0.25) is 0 Å². The van der Waals surface area contributed by atoms with Crippen molar-refractivity contribution in [1.82, 2.24) is 9.78 Å². The molecule has 0 aliphatic carbocycles. The molecule has 0 saturated carbocycles. The molecule has 0 atom stereocenters. The van der Waals surface area contributed by atoms with E-state index in [-0.39, 0.29) is 23.8 Å². The highest BCUT2D eigenvalue weighted by atomic mass is 28.4. The summed E-state index contributed by atoms with van der Waals surface area (Å²) in [6.07, 6.45) is -1.03. The van der Waals surface area contributed by atoms with Crippen LogP contribution in [0.15, 0.2) is 6.07 Å². The van der Waals surface area contributed by atoms with Gasteiger partial charge in [-0.25, -0.2) is 4.79 Å². The molecule has 0 fully saturated rings. The van der Waals surface area contributed by atoms with Gasteiger partial charge in [0.15, 0.2) is 8.32 Å². The predicted octanol–water partition coefficient (Wildman–Crippen LogP) is 2.48. The number of aromatic nitrogens is 2. The molecule has 7 nitrogen and oxygen atoms in total. The largest absolute Gasteiger partial charge is 0.550 e. The van der Waals surface area contributed by atoms with Crippen molar-refractivity contribution in [1.29, 1.82) is 0 Å². The van der Waals surface area contributed by atoms with E-state index >= 15 is 0 Å². The summed E-state index contributed by atoms with van der Waals surface area (Å²) in [5.41, 5.74) is 0.0183. The van der Waals surface area contributed by atoms with E-state index in [1.54, 1.807) is 26.8 Å². The summed E-state index contributed by atoms with van der Waals surface area (Å²) in [7, 11) is -2.04. The van der Waals surface area contributed by atoms with E-state index in [4.69, 9.17) is 9.16 Å². The number of hydrogen-bond donors (Lipinski definition) is 0. The molecule has 0 bridgehead atoms. The third-order valence-electron chi connectivity index (χ3n) is 4.11. The summed E-state index contributed by atoms with van der Waals surface area (Å²) in [6, 6.07) is 1.55. The Balaban J connectivity index is 3.09. The number of carbonyl (C=O) groups is 2. The summed E-state index contributed by atoms with van der Waals surface area (Å²) in [6.45, 7) is 16.0. The lowest BCUT2D eigenvalue weighted by Gasteiger charge is -2.36. The molecule has 0 aliphatic heterocycles. The molecule has 0 amide bonds. The number of carbonyl (C=O) groups excluding carboxylic acids is 2. The molecule has 1 rings (SSSR count). The maximum atomic E-state index is 12.4. The fourth-order valence-corrected chi connectivity index (χ4v) is 2.69. The monoisotopic (exact) mass is 369 g/mol. The molecular weight excluding hydrogens is 340 g/mol. The zero-order valence-corrected chi connectivity index (χ0v) is 17.4. The van der Waals surface area contributed by atoms with E-state index < -0.39 is 26.0 Å². The number of carboxylic acids is 1. The minimum atomic E-state index is -2.04. The van der Waals surface area contributed by atoms with Crippen LogP contribution in [0.3, 0.4) is 0 Å². The average molecular weight is 370 g/mol. The van der Waals surface area contributed by atoms with Gasteiger partial charge in [-0.15, -0.1) is 0 Å². The first-order valence-electron chi connectivity index (χ1n) is 8.27. The lowest BCUT2D eigenvalue weighted by Crippen LogP contribution is -2.40. The Morgan fingerprint density at radius 2 is 1.76 bits per heavy atom. The van der Waals surface area contributed by atoms with E-state index in [0.29, 0.717) is 5.69 Å². The third-order valence-corrected chi connectivity index (χ3v) is 8.59. The maximum absolute atomic E-state index is 12.4. The van der Waals surface area contributed by atoms with Crippen LogP contribution in [0.1, 0.15) is 52.9 Å². The lowest BCUT2D eigenvalue weighted by atomic mass is 10.2. The van der Waals surface area contributed by atoms with Gasteiger partial charge in [0.1, 0.15) is 5.60 Å². The first-order chi connectivity index (χ1) is 11.1. The normalized spacial score (nSPS) is 13.0. The molecule has 0 aromatic carbocycles. The van der Waals surface area contributed by atoms with Gasteiger partial charge in [-0.2, -0.15) is 9.78 Å². The number of rotatable bonds is 5. The molecule has 142 valence electrons. The van der Waals surface area contributed by atoms with E-state index in [2.05, 4.69) is 39.0 Å². The van der Waals surface area contributed by atoms with Crippen LogP contribution in [-0.4, -0.2) is 35.8 Å². The summed E-state index contributed by atoms with van der Waals surface area (Å²) in [4.78, 5) is 23.2. The molecule has 0 aliphatic rings. The van der Waals surface area contributed by atoms with E-state index in [1.165, 1.54) is 0 Å². The fraction of sp³-hybridized carbons (Fsp3) is 0.706. The summed E-state index contributed by atoms with van der Waals surface area (Å²) in [5, 5.41) is 14.9. The van der Waals surface area contributed by atoms with Gasteiger partial charge in [-0.3, -0.25) is 0 Å². The third kappa shape index (κ3) is 6.28. The molecule has 25 heavy (non-hydrogen) atoms. The highest BCUT2D eigenvalue weighted by molar-refractivity contribution is 6.74. The van der Waals surface area contributed by atoms with Crippen molar-refractivity contribution in [2.75, 3.05) is 0 Å². The van der Waals surface area contributed by atoms with Crippen LogP contribution in [0.25, 0.3) is 0 Å². The molecule has 8 heteroatoms. The van der Waals surface area contributed by atoms with E-state index in [1.807, 2.05) is 0 Å². The molecule has 0 spiro atoms. The van der Waals surface area contributed by atoms with Crippen LogP contribution in [0.5, 0.6) is 0 Å². The van der Waals surface area contributed by atoms with Crippen LogP contribution in [0.2, 0.25) is 18.1 Å². The quantitative estimate of drug-likeness (QED) is 0.740. The molecule has 0 unspecified atom stereocenters. The lowest BCUT2D eigenvalue weighted by molar-refractivity contribution is -0.304. The predicted molar refractivity (Wildman–Crippen MR) is 94.6 cm³/mol. The standard InChI is InChI=1S/C17H30N2O5Si/c1-16(2,3)24-15(22)19-13(9-12(18-19)10-14(20)21)11-23-25(7,8)17(4,5)6/h9H,10-11H2,1-8H3,(H,20,21)/p-1. The smallest absolute Gasteiger partial charge is 0.435 e. The average Bonchev–Trinajstić information content (AvgIpc) is 2.75. The van der Waals surface area contributed by atoms with E-state index in [9.17, 15) is 14.7 Å². The zero-order valence-electron chi connectivity index (χ0n) is 16.4. The highest BCUT2D eigenvalue weighted by Crippen LogP contribution is 2.37. The summed E-state index contributed by atoms with van der Waals surface area (Å²) < 4.78 is 12.5. The first kappa shape index (κ1) is 21.4. The van der Waals surface area contributed by atoms with Gasteiger partial charge in [0.05, 0.1) is 18.0 Å². The number of ether oxygens (including phenoxy) is 1. The zero-order chi connectivity index (χ0) is 19.6. The van der Waals surface area contributed by atoms with Gasteiger partial charge >= 0.3 is 6.09 Å². The Morgan fingerprint density at radius 3 is 2.20 bits per heavy atom. The molecule has 1 aromatic heterocycles. The van der Waals surface area contributed by atoms with Crippen molar-refractivity contribution in [2.45, 2.75) is 78.3 Å². The minimum Gasteiger partial charge on any atom is -0.550 e. The number of hydrogen-bond acceptors (Lipinski definition) is 6. The Bertz CT molecular complexity index is 638. The SMILES string of the molecule is CC(C)(C)OC(=O)n1nc(CC(=O)[O-])cc1CO[Si](C)(C)C(C)(C)C. The number of aliphatic carboxylic acids is 1. The Morgan fingerprint density at radius 1 is 1.20 bits per heavy atom. The van der Waals surface area contributed by atoms with Crippen molar-refractivity contribution in [3.8, 4) is 0 Å². The Hall–Kier alpha value is -1.67. The molecule has 0 saturated heterocycles. The van der Waals surface area contributed by atoms with Crippen molar-refractivity contribution in [2.24, 2.45) is 0 Å². The maximum Gasteiger partial charge on any atom is 0.435 e. The summed E-state index contributed by atoms with van der Waals surface area (Å²) in [5.74, 6) is -1.26. The van der Waals surface area contributed by atoms with Gasteiger partial charge in [-0.1, -0.05) is 20.8 Å². The molecular formula is C17H29N2O5Si-. The van der Waals surface area contributed by atoms with Gasteiger partial charge in [0, 0.05) is 12.4 Å². The van der Waals surface area contributed by atoms with Gasteiger partial charge < -0.3 is 19.1 Å². The molecule has 0 radical (unpaired) electrons. The summed E-state index contributed by atoms with van der Waals surface area (Å²) >= 11 is 0. The topological polar surface area (TPSA) is 93.5 Å². The molecule has 0 N–H and O–H groups in total. The molecule has 1 heterocycles. The van der Waals surface area contributed by atoms with Crippen molar-refractivity contribution in [3.05, 3.63) is 17.5 Å².